The maximum absolute atomic E-state index is 12.4. The van der Waals surface area contributed by atoms with Crippen molar-refractivity contribution in [1.82, 2.24) is 4.98 Å². The molecule has 0 saturated carbocycles. The fraction of sp³-hybridized carbons (Fsp3) is 0.174. The number of anilines is 3. The Morgan fingerprint density at radius 1 is 1.00 bits per heavy atom. The van der Waals surface area contributed by atoms with Gasteiger partial charge in [0.2, 0.25) is 0 Å². The first kappa shape index (κ1) is 19.1. The number of carbonyl (C=O) groups excluding carboxylic acids is 1. The largest absolute Gasteiger partial charge is 0.340 e. The lowest BCUT2D eigenvalue weighted by molar-refractivity contribution is 0.102. The number of pyridine rings is 1. The maximum Gasteiger partial charge on any atom is 0.257 e. The van der Waals surface area contributed by atoms with Crippen LogP contribution in [0.25, 0.3) is 0 Å². The minimum atomic E-state index is -0.214. The Bertz CT molecular complexity index is 1010. The summed E-state index contributed by atoms with van der Waals surface area (Å²) in [5.74, 6) is 0.384. The van der Waals surface area contributed by atoms with Gasteiger partial charge in [-0.15, -0.1) is 0 Å². The Morgan fingerprint density at radius 3 is 2.36 bits per heavy atom. The molecule has 0 aliphatic rings. The summed E-state index contributed by atoms with van der Waals surface area (Å²) >= 11 is 0. The number of hydrogen-bond donors (Lipinski definition) is 2. The number of nitrogens with one attached hydrogen (secondary N) is 2. The zero-order chi connectivity index (χ0) is 20.1. The highest BCUT2D eigenvalue weighted by Crippen LogP contribution is 2.23. The maximum atomic E-state index is 12.4. The van der Waals surface area contributed by atoms with Crippen LogP contribution in [0.15, 0.2) is 66.9 Å². The minimum absolute atomic E-state index is 0.0715. The van der Waals surface area contributed by atoms with Gasteiger partial charge in [-0.2, -0.15) is 5.26 Å². The van der Waals surface area contributed by atoms with Crippen molar-refractivity contribution in [3.8, 4) is 6.07 Å². The number of rotatable bonds is 4. The van der Waals surface area contributed by atoms with Crippen LogP contribution >= 0.6 is 0 Å². The van der Waals surface area contributed by atoms with Crippen LogP contribution in [0.3, 0.4) is 0 Å². The molecular weight excluding hydrogens is 348 g/mol. The molecule has 0 unspecified atom stereocenters. The van der Waals surface area contributed by atoms with Crippen LogP contribution in [-0.4, -0.2) is 10.9 Å². The van der Waals surface area contributed by atoms with Gasteiger partial charge in [-0.1, -0.05) is 39.0 Å². The van der Waals surface area contributed by atoms with E-state index in [1.54, 1.807) is 30.3 Å². The van der Waals surface area contributed by atoms with E-state index in [1.165, 1.54) is 11.8 Å². The summed E-state index contributed by atoms with van der Waals surface area (Å²) in [7, 11) is 0. The molecule has 0 aliphatic carbocycles. The van der Waals surface area contributed by atoms with Gasteiger partial charge < -0.3 is 10.6 Å². The third-order valence-electron chi connectivity index (χ3n) is 4.30. The van der Waals surface area contributed by atoms with Crippen LogP contribution in [0.1, 0.15) is 42.3 Å². The Kier molecular flexibility index (Phi) is 5.42. The number of hydrogen-bond acceptors (Lipinski definition) is 4. The lowest BCUT2D eigenvalue weighted by Gasteiger charge is -2.19. The predicted molar refractivity (Wildman–Crippen MR) is 112 cm³/mol. The van der Waals surface area contributed by atoms with Gasteiger partial charge in [0.15, 0.2) is 0 Å². The van der Waals surface area contributed by atoms with Crippen molar-refractivity contribution in [1.29, 1.82) is 5.26 Å². The first-order valence-corrected chi connectivity index (χ1v) is 9.00. The minimum Gasteiger partial charge on any atom is -0.340 e. The number of aromatic nitrogens is 1. The monoisotopic (exact) mass is 370 g/mol. The van der Waals surface area contributed by atoms with E-state index < -0.39 is 0 Å². The molecule has 28 heavy (non-hydrogen) atoms. The SMILES string of the molecule is CC(C)(C)c1ccc(NC(=O)c2ccc(Nc3cccc(C#N)c3)nc2)cc1. The average Bonchev–Trinajstić information content (AvgIpc) is 2.68. The number of benzene rings is 2. The Balaban J connectivity index is 1.66. The molecule has 0 atom stereocenters. The normalized spacial score (nSPS) is 10.8. The van der Waals surface area contributed by atoms with Crippen molar-refractivity contribution in [2.24, 2.45) is 0 Å². The molecule has 1 heterocycles. The number of nitrogens with zero attached hydrogens (tertiary/aromatic N) is 2. The molecule has 0 bridgehead atoms. The van der Waals surface area contributed by atoms with Crippen LogP contribution < -0.4 is 10.6 Å². The van der Waals surface area contributed by atoms with Crippen LogP contribution in [0.5, 0.6) is 0 Å². The van der Waals surface area contributed by atoms with Gasteiger partial charge in [-0.05, 0) is 53.4 Å². The van der Waals surface area contributed by atoms with Gasteiger partial charge in [-0.25, -0.2) is 4.98 Å². The molecule has 0 fully saturated rings. The predicted octanol–water partition coefficient (Wildman–Crippen LogP) is 5.25. The molecule has 0 saturated heterocycles. The second kappa shape index (κ2) is 7.93. The van der Waals surface area contributed by atoms with Crippen molar-refractivity contribution in [3.05, 3.63) is 83.6 Å². The Morgan fingerprint density at radius 2 is 1.75 bits per heavy atom. The molecule has 2 N–H and O–H groups in total. The first-order valence-electron chi connectivity index (χ1n) is 9.00. The summed E-state index contributed by atoms with van der Waals surface area (Å²) in [5.41, 5.74) is 3.83. The topological polar surface area (TPSA) is 77.8 Å². The molecule has 1 amide bonds. The molecule has 3 rings (SSSR count). The Labute approximate surface area is 165 Å². The highest BCUT2D eigenvalue weighted by molar-refractivity contribution is 6.04. The molecule has 0 radical (unpaired) electrons. The lowest BCUT2D eigenvalue weighted by atomic mass is 9.87. The highest BCUT2D eigenvalue weighted by Gasteiger charge is 2.13. The van der Waals surface area contributed by atoms with E-state index in [9.17, 15) is 4.79 Å². The molecule has 2 aromatic carbocycles. The number of amides is 1. The van der Waals surface area contributed by atoms with Gasteiger partial charge in [0.1, 0.15) is 5.82 Å². The van der Waals surface area contributed by atoms with Crippen LogP contribution in [-0.2, 0) is 5.41 Å². The second-order valence-corrected chi connectivity index (χ2v) is 7.53. The quantitative estimate of drug-likeness (QED) is 0.658. The molecular formula is C23H22N4O. The van der Waals surface area contributed by atoms with Gasteiger partial charge >= 0.3 is 0 Å². The molecule has 5 heteroatoms. The van der Waals surface area contributed by atoms with Crippen molar-refractivity contribution >= 4 is 23.1 Å². The fourth-order valence-electron chi connectivity index (χ4n) is 2.67. The average molecular weight is 370 g/mol. The van der Waals surface area contributed by atoms with Crippen LogP contribution in [0.4, 0.5) is 17.2 Å². The summed E-state index contributed by atoms with van der Waals surface area (Å²) in [5, 5.41) is 15.0. The van der Waals surface area contributed by atoms with Gasteiger partial charge in [0.25, 0.3) is 5.91 Å². The molecule has 0 aliphatic heterocycles. The first-order chi connectivity index (χ1) is 13.3. The summed E-state index contributed by atoms with van der Waals surface area (Å²) in [6.45, 7) is 6.45. The highest BCUT2D eigenvalue weighted by atomic mass is 16.1. The summed E-state index contributed by atoms with van der Waals surface area (Å²) in [4.78, 5) is 16.7. The van der Waals surface area contributed by atoms with E-state index in [0.29, 0.717) is 16.9 Å². The second-order valence-electron chi connectivity index (χ2n) is 7.53. The zero-order valence-electron chi connectivity index (χ0n) is 16.2. The van der Waals surface area contributed by atoms with Crippen molar-refractivity contribution in [2.45, 2.75) is 26.2 Å². The molecule has 3 aromatic rings. The van der Waals surface area contributed by atoms with Gasteiger partial charge in [-0.3, -0.25) is 4.79 Å². The number of carbonyl (C=O) groups is 1. The van der Waals surface area contributed by atoms with E-state index in [-0.39, 0.29) is 11.3 Å². The summed E-state index contributed by atoms with van der Waals surface area (Å²) in [6.07, 6.45) is 1.52. The van der Waals surface area contributed by atoms with Gasteiger partial charge in [0.05, 0.1) is 17.2 Å². The molecule has 5 nitrogen and oxygen atoms in total. The van der Waals surface area contributed by atoms with Crippen molar-refractivity contribution in [2.75, 3.05) is 10.6 Å². The third-order valence-corrected chi connectivity index (χ3v) is 4.30. The van der Waals surface area contributed by atoms with Crippen LogP contribution in [0, 0.1) is 11.3 Å². The van der Waals surface area contributed by atoms with Crippen LogP contribution in [0.2, 0.25) is 0 Å². The lowest BCUT2D eigenvalue weighted by Crippen LogP contribution is -2.14. The Hall–Kier alpha value is -3.65. The van der Waals surface area contributed by atoms with E-state index in [1.807, 2.05) is 30.3 Å². The van der Waals surface area contributed by atoms with E-state index in [4.69, 9.17) is 5.26 Å². The smallest absolute Gasteiger partial charge is 0.257 e. The zero-order valence-corrected chi connectivity index (χ0v) is 16.2. The standard InChI is InChI=1S/C23H22N4O/c1-23(2,3)18-8-10-19(11-9-18)27-22(28)17-7-12-21(25-15-17)26-20-6-4-5-16(13-20)14-24/h4-13,15H,1-3H3,(H,25,26)(H,27,28). The van der Waals surface area contributed by atoms with Gasteiger partial charge in [0, 0.05) is 17.6 Å². The molecule has 140 valence electrons. The molecule has 0 spiro atoms. The fourth-order valence-corrected chi connectivity index (χ4v) is 2.67. The number of nitriles is 1. The summed E-state index contributed by atoms with van der Waals surface area (Å²) < 4.78 is 0. The van der Waals surface area contributed by atoms with Crippen molar-refractivity contribution in [3.63, 3.8) is 0 Å². The van der Waals surface area contributed by atoms with Crippen molar-refractivity contribution < 1.29 is 4.79 Å². The van der Waals surface area contributed by atoms with E-state index in [0.717, 1.165) is 11.4 Å². The van der Waals surface area contributed by atoms with E-state index in [2.05, 4.69) is 42.5 Å². The molecule has 1 aromatic heterocycles. The van der Waals surface area contributed by atoms with E-state index >= 15 is 0 Å². The third kappa shape index (κ3) is 4.74. The summed E-state index contributed by atoms with van der Waals surface area (Å²) in [6, 6.07) is 20.5.